The normalized spacial score (nSPS) is 44.1. The van der Waals surface area contributed by atoms with Gasteiger partial charge in [0.25, 0.3) is 5.91 Å². The van der Waals surface area contributed by atoms with Crippen molar-refractivity contribution in [1.82, 2.24) is 5.32 Å². The summed E-state index contributed by atoms with van der Waals surface area (Å²) >= 11 is 0. The molecule has 1 unspecified atom stereocenters. The first-order valence-corrected chi connectivity index (χ1v) is 20.8. The number of carbonyl (C=O) groups excluding carboxylic acids is 3. The van der Waals surface area contributed by atoms with Crippen LogP contribution in [0.4, 0.5) is 0 Å². The van der Waals surface area contributed by atoms with Crippen molar-refractivity contribution in [2.75, 3.05) is 0 Å². The van der Waals surface area contributed by atoms with Crippen LogP contribution in [0.5, 0.6) is 5.75 Å². The zero-order chi connectivity index (χ0) is 42.0. The van der Waals surface area contributed by atoms with Crippen molar-refractivity contribution in [2.24, 2.45) is 40.9 Å². The monoisotopic (exact) mass is 801 g/mol. The Morgan fingerprint density at radius 2 is 1.74 bits per heavy atom. The van der Waals surface area contributed by atoms with E-state index >= 15 is 0 Å². The van der Waals surface area contributed by atoms with Crippen molar-refractivity contribution in [2.45, 2.75) is 129 Å². The zero-order valence-corrected chi connectivity index (χ0v) is 34.4. The quantitative estimate of drug-likeness (QED) is 0.126. The van der Waals surface area contributed by atoms with Gasteiger partial charge in [-0.15, -0.1) is 0 Å². The predicted octanol–water partition coefficient (Wildman–Crippen LogP) is 5.44. The van der Waals surface area contributed by atoms with E-state index in [-0.39, 0.29) is 53.7 Å². The minimum Gasteiger partial charge on any atom is -0.511 e. The number of ether oxygens (including phenoxy) is 3. The first kappa shape index (κ1) is 42.1. The van der Waals surface area contributed by atoms with Crippen LogP contribution in [0.3, 0.4) is 0 Å². The predicted molar refractivity (Wildman–Crippen MR) is 214 cm³/mol. The van der Waals surface area contributed by atoms with Crippen LogP contribution in [0.25, 0.3) is 0 Å². The molecule has 1 spiro atoms. The average molecular weight is 802 g/mol. The van der Waals surface area contributed by atoms with Crippen LogP contribution in [-0.4, -0.2) is 91.6 Å². The molecule has 2 bridgehead atoms. The smallest absolute Gasteiger partial charge is 0.346 e. The van der Waals surface area contributed by atoms with E-state index < -0.39 is 95.2 Å². The van der Waals surface area contributed by atoms with E-state index in [4.69, 9.17) is 14.2 Å². The van der Waals surface area contributed by atoms with Gasteiger partial charge in [-0.2, -0.15) is 0 Å². The molecule has 1 aromatic rings. The SMILES string of the molecule is CCC1=C[C@@H]2[C@@H](O)[C@@H](O)C[C@H](C)[C@H]2[C@]2(C)/C(O)=C3/C(=O)O[C@@]4(C[C@H](C)C=C[C@H]4/C=C(\C)[C@H](O[C@H]4C[C@H](O)[C@H](NC(=O)c5c(C)cccc5O)[C@@H](C)O4)C/C=C\C12)C3=O. The lowest BCUT2D eigenvalue weighted by atomic mass is 9.49. The third kappa shape index (κ3) is 6.98. The number of fused-ring (bicyclic) bond motifs is 4. The van der Waals surface area contributed by atoms with E-state index in [0.29, 0.717) is 18.4 Å². The third-order valence-corrected chi connectivity index (χ3v) is 14.1. The lowest BCUT2D eigenvalue weighted by molar-refractivity contribution is -0.231. The number of amides is 1. The number of allylic oxidation sites excluding steroid dienone is 4. The van der Waals surface area contributed by atoms with E-state index in [1.807, 2.05) is 71.1 Å². The van der Waals surface area contributed by atoms with E-state index in [2.05, 4.69) is 5.32 Å². The maximum absolute atomic E-state index is 14.9. The highest BCUT2D eigenvalue weighted by Crippen LogP contribution is 2.60. The second-order valence-corrected chi connectivity index (χ2v) is 17.9. The highest BCUT2D eigenvalue weighted by Gasteiger charge is 2.63. The molecule has 1 saturated carbocycles. The first-order chi connectivity index (χ1) is 27.4. The number of aliphatic hydroxyl groups is 4. The van der Waals surface area contributed by atoms with Gasteiger partial charge in [-0.05, 0) is 75.0 Å². The fraction of sp³-hybridized carbons (Fsp3) is 0.587. The molecule has 6 aliphatic rings. The third-order valence-electron chi connectivity index (χ3n) is 14.1. The Bertz CT molecular complexity index is 1950. The van der Waals surface area contributed by atoms with Crippen LogP contribution >= 0.6 is 0 Å². The van der Waals surface area contributed by atoms with Crippen LogP contribution in [0.2, 0.25) is 0 Å². The molecule has 3 fully saturated rings. The number of benzene rings is 1. The van der Waals surface area contributed by atoms with Crippen LogP contribution in [0.1, 0.15) is 89.6 Å². The molecular formula is C46H59NO11. The first-order valence-electron chi connectivity index (χ1n) is 20.8. The topological polar surface area (TPSA) is 192 Å². The van der Waals surface area contributed by atoms with Crippen LogP contribution in [0.15, 0.2) is 77.1 Å². The lowest BCUT2D eigenvalue weighted by Crippen LogP contribution is -2.56. The Balaban J connectivity index is 1.26. The molecule has 314 valence electrons. The molecule has 2 saturated heterocycles. The van der Waals surface area contributed by atoms with E-state index in [1.165, 1.54) is 6.07 Å². The van der Waals surface area contributed by atoms with E-state index in [0.717, 1.165) is 11.1 Å². The van der Waals surface area contributed by atoms with Crippen LogP contribution in [0, 0.1) is 47.8 Å². The molecule has 1 aromatic carbocycles. The van der Waals surface area contributed by atoms with Crippen LogP contribution in [-0.2, 0) is 23.8 Å². The fourth-order valence-electron chi connectivity index (χ4n) is 11.1. The van der Waals surface area contributed by atoms with Crippen molar-refractivity contribution < 1.29 is 54.1 Å². The van der Waals surface area contributed by atoms with Crippen molar-refractivity contribution in [3.63, 3.8) is 0 Å². The van der Waals surface area contributed by atoms with Gasteiger partial charge in [-0.25, -0.2) is 4.79 Å². The molecular weight excluding hydrogens is 743 g/mol. The number of aromatic hydroxyl groups is 1. The summed E-state index contributed by atoms with van der Waals surface area (Å²) in [5, 5.41) is 59.5. The number of phenols is 1. The van der Waals surface area contributed by atoms with Gasteiger partial charge in [0.05, 0.1) is 42.1 Å². The van der Waals surface area contributed by atoms with Gasteiger partial charge in [-0.3, -0.25) is 9.59 Å². The summed E-state index contributed by atoms with van der Waals surface area (Å²) in [5.74, 6) is -4.95. The number of ketones is 1. The maximum Gasteiger partial charge on any atom is 0.346 e. The van der Waals surface area contributed by atoms with E-state index in [1.54, 1.807) is 26.0 Å². The second-order valence-electron chi connectivity index (χ2n) is 17.9. The Kier molecular flexibility index (Phi) is 11.5. The molecule has 2 heterocycles. The maximum atomic E-state index is 14.9. The molecule has 58 heavy (non-hydrogen) atoms. The summed E-state index contributed by atoms with van der Waals surface area (Å²) in [4.78, 5) is 42.2. The van der Waals surface area contributed by atoms with Gasteiger partial charge in [0.1, 0.15) is 17.1 Å². The van der Waals surface area contributed by atoms with Crippen molar-refractivity contribution in [1.29, 1.82) is 0 Å². The molecule has 15 atom stereocenters. The summed E-state index contributed by atoms with van der Waals surface area (Å²) in [7, 11) is 0. The lowest BCUT2D eigenvalue weighted by Gasteiger charge is -2.56. The number of esters is 1. The number of nitrogens with one attached hydrogen (secondary N) is 1. The molecule has 7 rings (SSSR count). The summed E-state index contributed by atoms with van der Waals surface area (Å²) in [6, 6.07) is 4.02. The van der Waals surface area contributed by atoms with Crippen molar-refractivity contribution in [3.05, 3.63) is 88.3 Å². The van der Waals surface area contributed by atoms with Crippen molar-refractivity contribution >= 4 is 17.7 Å². The van der Waals surface area contributed by atoms with Gasteiger partial charge >= 0.3 is 5.97 Å². The summed E-state index contributed by atoms with van der Waals surface area (Å²) in [6.07, 6.45) is 7.84. The fourth-order valence-corrected chi connectivity index (χ4v) is 11.1. The average Bonchev–Trinajstić information content (AvgIpc) is 3.40. The molecule has 0 radical (unpaired) electrons. The van der Waals surface area contributed by atoms with Gasteiger partial charge < -0.3 is 45.1 Å². The number of carbonyl (C=O) groups is 3. The minimum atomic E-state index is -1.61. The Hall–Kier alpha value is -4.07. The Morgan fingerprint density at radius 3 is 2.43 bits per heavy atom. The number of hydrogen-bond acceptors (Lipinski definition) is 11. The second kappa shape index (κ2) is 15.8. The minimum absolute atomic E-state index is 0.0309. The molecule has 12 heteroatoms. The van der Waals surface area contributed by atoms with Crippen molar-refractivity contribution in [3.8, 4) is 5.75 Å². The molecule has 4 aliphatic carbocycles. The molecule has 6 N–H and O–H groups in total. The Labute approximate surface area is 340 Å². The van der Waals surface area contributed by atoms with Gasteiger partial charge in [0.2, 0.25) is 5.78 Å². The van der Waals surface area contributed by atoms with Crippen LogP contribution < -0.4 is 5.32 Å². The Morgan fingerprint density at radius 1 is 1.00 bits per heavy atom. The number of Topliss-reactive ketones (excluding diaryl/α,β-unsaturated/α-hetero) is 1. The number of aliphatic hydroxyl groups excluding tert-OH is 4. The van der Waals surface area contributed by atoms with Gasteiger partial charge in [-0.1, -0.05) is 81.9 Å². The zero-order valence-electron chi connectivity index (χ0n) is 34.4. The number of phenolic OH excluding ortho intramolecular Hbond substituents is 1. The highest BCUT2D eigenvalue weighted by molar-refractivity contribution is 6.26. The molecule has 12 nitrogen and oxygen atoms in total. The summed E-state index contributed by atoms with van der Waals surface area (Å²) in [6.45, 7) is 13.1. The number of aryl methyl sites for hydroxylation is 1. The van der Waals surface area contributed by atoms with E-state index in [9.17, 15) is 39.9 Å². The standard InChI is InChI=1S/C46H59NO11/c1-8-27-19-29-38(25(5)18-33(50)40(29)51)45(7)30(27)12-10-14-34(24(4)17-28-16-15-22(2)21-46(28)42(53)37(41(45)52)44(55)58-46)57-35-20-32(49)39(26(6)56-35)47-43(54)36-23(3)11-9-13-31(36)48/h9-13,15-17,19,22,25-26,28-30,32-35,38-40,48-52H,8,14,18,20-21H2,1-7H3,(H,47,54)/b12-10-,24-17+,41-37-/t22-,25+,26-,28+,29+,30?,32+,33+,34-,35+,38-,39-,40-,45-,46-/m1/s1. The number of rotatable bonds is 5. The number of hydrogen-bond donors (Lipinski definition) is 6. The summed E-state index contributed by atoms with van der Waals surface area (Å²) in [5.41, 5.74) is -0.852. The molecule has 1 amide bonds. The largest absolute Gasteiger partial charge is 0.511 e. The highest BCUT2D eigenvalue weighted by atomic mass is 16.7. The molecule has 0 aromatic heterocycles. The summed E-state index contributed by atoms with van der Waals surface area (Å²) < 4.78 is 19.2. The van der Waals surface area contributed by atoms with Gasteiger partial charge in [0.15, 0.2) is 11.9 Å². The van der Waals surface area contributed by atoms with Gasteiger partial charge in [0, 0.05) is 36.0 Å². The molecule has 2 aliphatic heterocycles.